The second-order valence-electron chi connectivity index (χ2n) is 8.33. The summed E-state index contributed by atoms with van der Waals surface area (Å²) in [5.41, 5.74) is 0.281. The van der Waals surface area contributed by atoms with Crippen LogP contribution in [0, 0.1) is 5.92 Å². The molecule has 2 atom stereocenters. The first kappa shape index (κ1) is 19.6. The van der Waals surface area contributed by atoms with Gasteiger partial charge in [0.15, 0.2) is 0 Å². The van der Waals surface area contributed by atoms with Crippen LogP contribution in [0.4, 0.5) is 0 Å². The molecule has 4 nitrogen and oxygen atoms in total. The molecular weight excluding hydrogens is 274 g/mol. The van der Waals surface area contributed by atoms with E-state index >= 15 is 0 Å². The molecule has 1 aliphatic rings. The molecule has 0 amide bonds. The fourth-order valence-corrected chi connectivity index (χ4v) is 3.72. The number of likely N-dealkylation sites (tertiary alicyclic amines) is 1. The zero-order valence-corrected chi connectivity index (χ0v) is 15.8. The van der Waals surface area contributed by atoms with Crippen molar-refractivity contribution >= 4 is 6.21 Å². The van der Waals surface area contributed by atoms with Gasteiger partial charge in [-0.3, -0.25) is 4.90 Å². The summed E-state index contributed by atoms with van der Waals surface area (Å²) >= 11 is 0. The van der Waals surface area contributed by atoms with E-state index in [9.17, 15) is 5.11 Å². The van der Waals surface area contributed by atoms with E-state index < -0.39 is 0 Å². The SMILES string of the molecule is CN=CCCN(C)C(C)(C)CC1CCN(C(C)(C)C)C1CO. The summed E-state index contributed by atoms with van der Waals surface area (Å²) in [6, 6.07) is 0.296. The summed E-state index contributed by atoms with van der Waals surface area (Å²) in [5, 5.41) is 9.91. The summed E-state index contributed by atoms with van der Waals surface area (Å²) in [5.74, 6) is 0.571. The standard InChI is InChI=1S/C18H37N3O/c1-17(2,3)21-12-9-15(16(21)14-22)13-18(4,5)20(7)11-8-10-19-6/h10,15-16,22H,8-9,11-14H2,1-7H3. The van der Waals surface area contributed by atoms with Crippen molar-refractivity contribution in [1.82, 2.24) is 9.80 Å². The van der Waals surface area contributed by atoms with Crippen molar-refractivity contribution in [1.29, 1.82) is 0 Å². The van der Waals surface area contributed by atoms with Crippen LogP contribution in [0.3, 0.4) is 0 Å². The maximum absolute atomic E-state index is 9.91. The number of nitrogens with zero attached hydrogens (tertiary/aromatic N) is 3. The maximum atomic E-state index is 9.91. The minimum absolute atomic E-state index is 0.135. The van der Waals surface area contributed by atoms with Gasteiger partial charge in [0.2, 0.25) is 0 Å². The van der Waals surface area contributed by atoms with Gasteiger partial charge in [0.1, 0.15) is 0 Å². The van der Waals surface area contributed by atoms with Gasteiger partial charge in [0, 0.05) is 30.7 Å². The third kappa shape index (κ3) is 5.04. The van der Waals surface area contributed by atoms with Crippen LogP contribution in [-0.2, 0) is 0 Å². The zero-order chi connectivity index (χ0) is 17.0. The summed E-state index contributed by atoms with van der Waals surface area (Å²) in [6.45, 7) is 13.8. The Hall–Kier alpha value is -0.450. The Bertz CT molecular complexity index is 360. The van der Waals surface area contributed by atoms with E-state index in [4.69, 9.17) is 0 Å². The highest BCUT2D eigenvalue weighted by Gasteiger charge is 2.41. The second kappa shape index (κ2) is 7.89. The molecular formula is C18H37N3O. The van der Waals surface area contributed by atoms with Crippen molar-refractivity contribution in [3.05, 3.63) is 0 Å². The predicted octanol–water partition coefficient (Wildman–Crippen LogP) is 2.66. The average molecular weight is 312 g/mol. The van der Waals surface area contributed by atoms with E-state index in [2.05, 4.69) is 56.5 Å². The van der Waals surface area contributed by atoms with E-state index in [1.165, 1.54) is 6.42 Å². The zero-order valence-electron chi connectivity index (χ0n) is 15.8. The van der Waals surface area contributed by atoms with E-state index in [1.54, 1.807) is 0 Å². The van der Waals surface area contributed by atoms with Gasteiger partial charge in [0.25, 0.3) is 0 Å². The minimum Gasteiger partial charge on any atom is -0.395 e. The van der Waals surface area contributed by atoms with Gasteiger partial charge < -0.3 is 15.0 Å². The maximum Gasteiger partial charge on any atom is 0.0589 e. The molecule has 2 unspecified atom stereocenters. The average Bonchev–Trinajstić information content (AvgIpc) is 2.80. The van der Waals surface area contributed by atoms with Crippen LogP contribution in [-0.4, -0.2) is 72.0 Å². The van der Waals surface area contributed by atoms with Crippen LogP contribution in [0.2, 0.25) is 0 Å². The number of hydrogen-bond acceptors (Lipinski definition) is 4. The lowest BCUT2D eigenvalue weighted by Crippen LogP contribution is -2.50. The molecule has 0 aromatic heterocycles. The fraction of sp³-hybridized carbons (Fsp3) is 0.944. The van der Waals surface area contributed by atoms with Gasteiger partial charge in [-0.05, 0) is 79.6 Å². The quantitative estimate of drug-likeness (QED) is 0.735. The third-order valence-corrected chi connectivity index (χ3v) is 5.31. The molecule has 4 heteroatoms. The monoisotopic (exact) mass is 311 g/mol. The molecule has 0 aromatic carbocycles. The molecule has 1 aliphatic heterocycles. The molecule has 22 heavy (non-hydrogen) atoms. The second-order valence-corrected chi connectivity index (χ2v) is 8.33. The molecule has 0 aromatic rings. The highest BCUT2D eigenvalue weighted by Crippen LogP contribution is 2.36. The van der Waals surface area contributed by atoms with Gasteiger partial charge in [-0.1, -0.05) is 0 Å². The van der Waals surface area contributed by atoms with Gasteiger partial charge >= 0.3 is 0 Å². The van der Waals surface area contributed by atoms with E-state index in [0.717, 1.165) is 25.9 Å². The Labute approximate surface area is 137 Å². The van der Waals surface area contributed by atoms with E-state index in [1.807, 2.05) is 13.3 Å². The Balaban J connectivity index is 2.68. The van der Waals surface area contributed by atoms with Crippen molar-refractivity contribution in [2.75, 3.05) is 33.8 Å². The molecule has 0 radical (unpaired) electrons. The molecule has 1 fully saturated rings. The van der Waals surface area contributed by atoms with Crippen molar-refractivity contribution in [3.63, 3.8) is 0 Å². The molecule has 0 spiro atoms. The van der Waals surface area contributed by atoms with Crippen LogP contribution in [0.5, 0.6) is 0 Å². The van der Waals surface area contributed by atoms with Gasteiger partial charge in [-0.25, -0.2) is 0 Å². The van der Waals surface area contributed by atoms with Crippen molar-refractivity contribution in [3.8, 4) is 0 Å². The van der Waals surface area contributed by atoms with Crippen LogP contribution >= 0.6 is 0 Å². The molecule has 130 valence electrons. The summed E-state index contributed by atoms with van der Waals surface area (Å²) < 4.78 is 0. The third-order valence-electron chi connectivity index (χ3n) is 5.31. The Morgan fingerprint density at radius 3 is 2.41 bits per heavy atom. The van der Waals surface area contributed by atoms with Crippen molar-refractivity contribution in [2.24, 2.45) is 10.9 Å². The predicted molar refractivity (Wildman–Crippen MR) is 95.8 cm³/mol. The van der Waals surface area contributed by atoms with E-state index in [0.29, 0.717) is 12.0 Å². The van der Waals surface area contributed by atoms with Gasteiger partial charge in [0.05, 0.1) is 6.61 Å². The van der Waals surface area contributed by atoms with Crippen LogP contribution < -0.4 is 0 Å². The highest BCUT2D eigenvalue weighted by atomic mass is 16.3. The molecule has 1 N–H and O–H groups in total. The topological polar surface area (TPSA) is 39.1 Å². The van der Waals surface area contributed by atoms with Crippen LogP contribution in [0.15, 0.2) is 4.99 Å². The lowest BCUT2D eigenvalue weighted by atomic mass is 9.84. The van der Waals surface area contributed by atoms with E-state index in [-0.39, 0.29) is 17.7 Å². The van der Waals surface area contributed by atoms with Gasteiger partial charge in [-0.2, -0.15) is 0 Å². The number of aliphatic hydroxyl groups excluding tert-OH is 1. The number of aliphatic imine (C=N–C) groups is 1. The van der Waals surface area contributed by atoms with Crippen molar-refractivity contribution in [2.45, 2.75) is 71.0 Å². The summed E-state index contributed by atoms with van der Waals surface area (Å²) in [6.07, 6.45) is 5.30. The summed E-state index contributed by atoms with van der Waals surface area (Å²) in [7, 11) is 4.03. The Kier molecular flexibility index (Phi) is 7.03. The molecule has 0 aliphatic carbocycles. The van der Waals surface area contributed by atoms with Crippen LogP contribution in [0.1, 0.15) is 53.9 Å². The minimum atomic E-state index is 0.135. The normalized spacial score (nSPS) is 24.8. The first-order valence-corrected chi connectivity index (χ1v) is 8.63. The number of aliphatic hydroxyl groups is 1. The molecule has 1 saturated heterocycles. The molecule has 0 bridgehead atoms. The largest absolute Gasteiger partial charge is 0.395 e. The lowest BCUT2D eigenvalue weighted by molar-refractivity contribution is 0.0468. The first-order valence-electron chi connectivity index (χ1n) is 8.63. The lowest BCUT2D eigenvalue weighted by Gasteiger charge is -2.41. The summed E-state index contributed by atoms with van der Waals surface area (Å²) in [4.78, 5) is 8.98. The Morgan fingerprint density at radius 2 is 1.91 bits per heavy atom. The Morgan fingerprint density at radius 1 is 1.27 bits per heavy atom. The first-order chi connectivity index (χ1) is 10.1. The number of rotatable bonds is 7. The molecule has 1 rings (SSSR count). The van der Waals surface area contributed by atoms with Crippen LogP contribution in [0.25, 0.3) is 0 Å². The smallest absolute Gasteiger partial charge is 0.0589 e. The molecule has 0 saturated carbocycles. The van der Waals surface area contributed by atoms with Crippen molar-refractivity contribution < 1.29 is 5.11 Å². The number of hydrogen-bond donors (Lipinski definition) is 1. The molecule has 1 heterocycles. The highest BCUT2D eigenvalue weighted by molar-refractivity contribution is 5.56. The fourth-order valence-electron chi connectivity index (χ4n) is 3.72. The van der Waals surface area contributed by atoms with Gasteiger partial charge in [-0.15, -0.1) is 0 Å².